The number of phenols is 1. The molecule has 0 bridgehead atoms. The van der Waals surface area contributed by atoms with Gasteiger partial charge in [-0.1, -0.05) is 50.8 Å². The van der Waals surface area contributed by atoms with Crippen molar-refractivity contribution in [3.63, 3.8) is 0 Å². The first kappa shape index (κ1) is 27.2. The maximum Gasteiger partial charge on any atom is 0.203 e. The third-order valence-electron chi connectivity index (χ3n) is 9.66. The zero-order valence-electron chi connectivity index (χ0n) is 23.5. The van der Waals surface area contributed by atoms with E-state index in [9.17, 15) is 34.8 Å². The van der Waals surface area contributed by atoms with Crippen LogP contribution in [0.15, 0.2) is 65.5 Å². The zero-order chi connectivity index (χ0) is 29.6. The van der Waals surface area contributed by atoms with Gasteiger partial charge in [-0.3, -0.25) is 14.4 Å². The number of phenolic OH excluding ortho intramolecular Hbond substituents is 1. The molecule has 2 aromatic carbocycles. The highest BCUT2D eigenvalue weighted by molar-refractivity contribution is 6.15. The first-order valence-electron chi connectivity index (χ1n) is 14.0. The topological polar surface area (TPSA) is 132 Å². The largest absolute Gasteiger partial charge is 0.508 e. The van der Waals surface area contributed by atoms with E-state index < -0.39 is 39.5 Å². The van der Waals surface area contributed by atoms with Crippen molar-refractivity contribution in [1.82, 2.24) is 0 Å². The van der Waals surface area contributed by atoms with Gasteiger partial charge in [0.05, 0.1) is 11.1 Å². The number of hydrogen-bond donors (Lipinski definition) is 4. The Morgan fingerprint density at radius 3 is 2.27 bits per heavy atom. The number of ketones is 3. The quantitative estimate of drug-likeness (QED) is 0.385. The molecule has 7 nitrogen and oxygen atoms in total. The van der Waals surface area contributed by atoms with Gasteiger partial charge in [0.25, 0.3) is 0 Å². The minimum absolute atomic E-state index is 0.0756. The molecular weight excluding hydrogens is 520 g/mol. The number of aliphatic hydroxyl groups is 3. The van der Waals surface area contributed by atoms with Crippen molar-refractivity contribution in [1.29, 1.82) is 0 Å². The Kier molecular flexibility index (Phi) is 5.82. The Morgan fingerprint density at radius 1 is 1.00 bits per heavy atom. The van der Waals surface area contributed by atoms with Crippen LogP contribution in [-0.2, 0) is 27.2 Å². The lowest BCUT2D eigenvalue weighted by Crippen LogP contribution is -2.65. The Labute approximate surface area is 238 Å². The van der Waals surface area contributed by atoms with Gasteiger partial charge < -0.3 is 20.4 Å². The molecule has 0 saturated heterocycles. The molecular formula is C34H34O7. The van der Waals surface area contributed by atoms with Crippen molar-refractivity contribution < 1.29 is 34.8 Å². The number of rotatable bonds is 5. The van der Waals surface area contributed by atoms with Crippen LogP contribution in [0.1, 0.15) is 63.1 Å². The number of carbonyl (C=O) groups excluding carboxylic acids is 3. The summed E-state index contributed by atoms with van der Waals surface area (Å²) in [5, 5.41) is 45.6. The number of hydrogen-bond acceptors (Lipinski definition) is 7. The van der Waals surface area contributed by atoms with Crippen molar-refractivity contribution in [2.45, 2.75) is 64.9 Å². The molecule has 0 unspecified atom stereocenters. The van der Waals surface area contributed by atoms with E-state index in [1.807, 2.05) is 31.2 Å². The number of Topliss-reactive ketones (excluding diaryl/α,β-unsaturated/α-hetero) is 3. The summed E-state index contributed by atoms with van der Waals surface area (Å²) in [5.74, 6) is -2.23. The fraction of sp³-hybridized carbons (Fsp3) is 0.382. The molecule has 0 radical (unpaired) electrons. The molecule has 0 aromatic heterocycles. The van der Waals surface area contributed by atoms with Gasteiger partial charge in [-0.25, -0.2) is 0 Å². The summed E-state index contributed by atoms with van der Waals surface area (Å²) in [6.07, 6.45) is 2.51. The Bertz CT molecular complexity index is 1640. The molecule has 2 aromatic rings. The van der Waals surface area contributed by atoms with Crippen molar-refractivity contribution in [3.8, 4) is 16.9 Å². The molecule has 41 heavy (non-hydrogen) atoms. The van der Waals surface area contributed by atoms with Gasteiger partial charge in [-0.15, -0.1) is 0 Å². The summed E-state index contributed by atoms with van der Waals surface area (Å²) in [4.78, 5) is 39.5. The minimum Gasteiger partial charge on any atom is -0.508 e. The van der Waals surface area contributed by atoms with Gasteiger partial charge in [-0.2, -0.15) is 0 Å². The molecule has 7 heteroatoms. The van der Waals surface area contributed by atoms with Crippen molar-refractivity contribution in [2.24, 2.45) is 16.7 Å². The van der Waals surface area contributed by atoms with E-state index in [-0.39, 0.29) is 59.0 Å². The number of fused-ring (bicyclic) bond motifs is 3. The first-order chi connectivity index (χ1) is 19.2. The maximum atomic E-state index is 14.2. The fourth-order valence-corrected chi connectivity index (χ4v) is 7.55. The molecule has 2 saturated carbocycles. The van der Waals surface area contributed by atoms with Crippen LogP contribution in [0.2, 0.25) is 0 Å². The third kappa shape index (κ3) is 3.78. The van der Waals surface area contributed by atoms with Crippen LogP contribution in [-0.4, -0.2) is 43.4 Å². The molecule has 0 heterocycles. The van der Waals surface area contributed by atoms with Crippen LogP contribution in [0.5, 0.6) is 5.75 Å². The van der Waals surface area contributed by atoms with Gasteiger partial charge in [0.15, 0.2) is 11.4 Å². The molecule has 6 rings (SSSR count). The van der Waals surface area contributed by atoms with Gasteiger partial charge in [0, 0.05) is 35.2 Å². The summed E-state index contributed by atoms with van der Waals surface area (Å²) in [6, 6.07) is 10.9. The van der Waals surface area contributed by atoms with Gasteiger partial charge in [-0.05, 0) is 66.5 Å². The number of aliphatic hydroxyl groups excluding tert-OH is 2. The number of aromatic hydroxyl groups is 1. The summed E-state index contributed by atoms with van der Waals surface area (Å²) in [7, 11) is 0. The highest BCUT2D eigenvalue weighted by Gasteiger charge is 2.68. The number of allylic oxidation sites excluding steroid dienone is 2. The van der Waals surface area contributed by atoms with Crippen molar-refractivity contribution >= 4 is 23.1 Å². The van der Waals surface area contributed by atoms with Crippen LogP contribution in [0.25, 0.3) is 16.9 Å². The second-order valence-corrected chi connectivity index (χ2v) is 12.9. The van der Waals surface area contributed by atoms with E-state index in [1.54, 1.807) is 13.0 Å². The average molecular weight is 555 g/mol. The molecule has 0 spiro atoms. The third-order valence-corrected chi connectivity index (χ3v) is 9.66. The minimum atomic E-state index is -2.43. The van der Waals surface area contributed by atoms with Crippen molar-refractivity contribution in [3.05, 3.63) is 82.1 Å². The fourth-order valence-electron chi connectivity index (χ4n) is 7.55. The summed E-state index contributed by atoms with van der Waals surface area (Å²) in [5.41, 5.74) is -1.52. The standard InChI is InChI=1S/C34H34O7/c1-17(2)26-25(37)15-33(4)16-32(3)14-22-21(19-7-5-18(6-8-19)13-24(36)20-9-10-20)11-12-23(35)27(22)29(38)28(32)31(40)34(33,41)30(26)39/h5-8,11-12,20,35,38-39,41H,1,9-10,13-16H2,2-4H3/t32-,33+,34+/m1/s1. The van der Waals surface area contributed by atoms with E-state index in [4.69, 9.17) is 0 Å². The second kappa shape index (κ2) is 8.76. The van der Waals surface area contributed by atoms with E-state index >= 15 is 0 Å². The summed E-state index contributed by atoms with van der Waals surface area (Å²) < 4.78 is 0. The first-order valence-corrected chi connectivity index (χ1v) is 14.0. The smallest absolute Gasteiger partial charge is 0.203 e. The molecule has 0 amide bonds. The molecule has 4 N–H and O–H groups in total. The van der Waals surface area contributed by atoms with Crippen LogP contribution in [0.4, 0.5) is 0 Å². The average Bonchev–Trinajstić information content (AvgIpc) is 3.72. The number of benzene rings is 2. The Morgan fingerprint density at radius 2 is 1.66 bits per heavy atom. The summed E-state index contributed by atoms with van der Waals surface area (Å²) >= 11 is 0. The van der Waals surface area contributed by atoms with Crippen LogP contribution in [0.3, 0.4) is 0 Å². The monoisotopic (exact) mass is 554 g/mol. The van der Waals surface area contributed by atoms with E-state index in [2.05, 4.69) is 6.58 Å². The predicted molar refractivity (Wildman–Crippen MR) is 153 cm³/mol. The zero-order valence-corrected chi connectivity index (χ0v) is 23.5. The van der Waals surface area contributed by atoms with Gasteiger partial charge in [0.2, 0.25) is 5.78 Å². The van der Waals surface area contributed by atoms with Crippen LogP contribution >= 0.6 is 0 Å². The molecule has 0 aliphatic heterocycles. The Balaban J connectivity index is 1.48. The molecule has 2 fully saturated rings. The molecule has 4 aliphatic rings. The normalized spacial score (nSPS) is 29.2. The van der Waals surface area contributed by atoms with Gasteiger partial charge in [0.1, 0.15) is 23.1 Å². The highest BCUT2D eigenvalue weighted by atomic mass is 16.3. The molecule has 3 atom stereocenters. The lowest BCUT2D eigenvalue weighted by Gasteiger charge is -2.56. The predicted octanol–water partition coefficient (Wildman–Crippen LogP) is 5.48. The SMILES string of the molecule is C=C(C)C1=C(O)[C@]2(O)C(=O)C3=C(O)c4c(O)ccc(-c5ccc(CC(=O)C6CC6)cc5)c4C[C@]3(C)C[C@]2(C)CC1=O. The maximum absolute atomic E-state index is 14.2. The molecule has 4 aliphatic carbocycles. The molecule has 212 valence electrons. The lowest BCUT2D eigenvalue weighted by atomic mass is 9.47. The van der Waals surface area contributed by atoms with E-state index in [0.717, 1.165) is 29.5 Å². The van der Waals surface area contributed by atoms with E-state index in [0.29, 0.717) is 12.0 Å². The second-order valence-electron chi connectivity index (χ2n) is 12.9. The Hall–Kier alpha value is -3.97. The van der Waals surface area contributed by atoms with Gasteiger partial charge >= 0.3 is 0 Å². The van der Waals surface area contributed by atoms with E-state index in [1.165, 1.54) is 13.0 Å². The number of carbonyl (C=O) groups is 3. The van der Waals surface area contributed by atoms with Crippen LogP contribution in [0, 0.1) is 16.7 Å². The van der Waals surface area contributed by atoms with Crippen molar-refractivity contribution in [2.75, 3.05) is 0 Å². The lowest BCUT2D eigenvalue weighted by molar-refractivity contribution is -0.164. The summed E-state index contributed by atoms with van der Waals surface area (Å²) in [6.45, 7) is 8.70. The van der Waals surface area contributed by atoms with Crippen LogP contribution < -0.4 is 0 Å². The highest BCUT2D eigenvalue weighted by Crippen LogP contribution is 2.63.